The second-order valence-electron chi connectivity index (χ2n) is 2.57. The van der Waals surface area contributed by atoms with E-state index in [-0.39, 0.29) is 0 Å². The molecule has 0 aliphatic carbocycles. The summed E-state index contributed by atoms with van der Waals surface area (Å²) in [4.78, 5) is 1.35. The normalized spacial score (nSPS) is 9.92. The summed E-state index contributed by atoms with van der Waals surface area (Å²) in [6.45, 7) is 3.49. The van der Waals surface area contributed by atoms with Crippen molar-refractivity contribution in [3.63, 3.8) is 0 Å². The largest absolute Gasteiger partial charge is 0.466 e. The monoisotopic (exact) mass is 181 g/mol. The van der Waals surface area contributed by atoms with Crippen LogP contribution >= 0.6 is 0 Å². The second-order valence-corrected chi connectivity index (χ2v) is 4.68. The first-order chi connectivity index (χ1) is 5.74. The molecule has 1 nitrogen and oxygen atoms in total. The molecular weight excluding hydrogens is 168 g/mol. The van der Waals surface area contributed by atoms with E-state index in [0.717, 1.165) is 5.75 Å². The van der Waals surface area contributed by atoms with Crippen molar-refractivity contribution in [3.05, 3.63) is 37.1 Å². The zero-order valence-corrected chi connectivity index (χ0v) is 8.23. The molecule has 0 aromatic heterocycles. The molecule has 12 heavy (non-hydrogen) atoms. The van der Waals surface area contributed by atoms with Crippen molar-refractivity contribution in [1.82, 2.24) is 0 Å². The minimum absolute atomic E-state index is 0.327. The molecule has 0 aliphatic heterocycles. The molecule has 0 atom stereocenters. The van der Waals surface area contributed by atoms with Crippen molar-refractivity contribution >= 4 is 10.9 Å². The molecule has 0 fully saturated rings. The predicted molar refractivity (Wildman–Crippen MR) is 54.7 cm³/mol. The molecule has 0 saturated heterocycles. The van der Waals surface area contributed by atoms with Crippen LogP contribution in [0.15, 0.2) is 42.0 Å². The average molecular weight is 181 g/mol. The smallest absolute Gasteiger partial charge is 0.154 e. The molecule has 0 spiro atoms. The van der Waals surface area contributed by atoms with Gasteiger partial charge in [-0.1, -0.05) is 6.58 Å². The maximum absolute atomic E-state index is 5.11. The van der Waals surface area contributed by atoms with Crippen LogP contribution in [0.25, 0.3) is 0 Å². The maximum Gasteiger partial charge on any atom is 0.154 e. The Morgan fingerprint density at radius 1 is 1.25 bits per heavy atom. The van der Waals surface area contributed by atoms with E-state index in [4.69, 9.17) is 4.74 Å². The molecule has 2 heteroatoms. The highest BCUT2D eigenvalue weighted by molar-refractivity contribution is 7.95. The van der Waals surface area contributed by atoms with Gasteiger partial charge in [0, 0.05) is 10.9 Å². The lowest BCUT2D eigenvalue weighted by atomic mass is 10.3. The van der Waals surface area contributed by atoms with E-state index in [9.17, 15) is 0 Å². The molecule has 0 unspecified atom stereocenters. The summed E-state index contributed by atoms with van der Waals surface area (Å²) in [5, 5.41) is 0. The summed E-state index contributed by atoms with van der Waals surface area (Å²) >= 11 is 0. The SMILES string of the molecule is C=COc1ccc([S+](C)C)cc1. The minimum atomic E-state index is 0.327. The highest BCUT2D eigenvalue weighted by atomic mass is 32.2. The molecule has 1 aromatic carbocycles. The lowest BCUT2D eigenvalue weighted by Crippen LogP contribution is -1.94. The molecule has 0 N–H and O–H groups in total. The topological polar surface area (TPSA) is 9.23 Å². The number of hydrogen-bond donors (Lipinski definition) is 0. The minimum Gasteiger partial charge on any atom is -0.466 e. The number of ether oxygens (including phenoxy) is 1. The van der Waals surface area contributed by atoms with Gasteiger partial charge in [-0.05, 0) is 24.3 Å². The van der Waals surface area contributed by atoms with Gasteiger partial charge in [0.25, 0.3) is 0 Å². The maximum atomic E-state index is 5.11. The highest BCUT2D eigenvalue weighted by Gasteiger charge is 2.06. The lowest BCUT2D eigenvalue weighted by molar-refractivity contribution is 0.483. The van der Waals surface area contributed by atoms with Gasteiger partial charge in [-0.3, -0.25) is 0 Å². The molecule has 0 heterocycles. The Labute approximate surface area is 76.4 Å². The lowest BCUT2D eigenvalue weighted by Gasteiger charge is -1.99. The Balaban J connectivity index is 2.78. The standard InChI is InChI=1S/C10H13OS/c1-4-11-9-5-7-10(8-6-9)12(2)3/h4-8H,1H2,2-3H3/q+1. The first-order valence-electron chi connectivity index (χ1n) is 3.69. The average Bonchev–Trinajstić information content (AvgIpc) is 2.06. The fraction of sp³-hybridized carbons (Fsp3) is 0.200. The summed E-state index contributed by atoms with van der Waals surface area (Å²) in [5.74, 6) is 0.846. The first-order valence-corrected chi connectivity index (χ1v) is 5.73. The molecule has 1 rings (SSSR count). The van der Waals surface area contributed by atoms with Gasteiger partial charge in [-0.15, -0.1) is 0 Å². The van der Waals surface area contributed by atoms with Gasteiger partial charge in [-0.2, -0.15) is 0 Å². The zero-order valence-electron chi connectivity index (χ0n) is 7.41. The van der Waals surface area contributed by atoms with Crippen molar-refractivity contribution < 1.29 is 4.74 Å². The molecule has 0 bridgehead atoms. The first kappa shape index (κ1) is 9.20. The molecule has 0 aliphatic rings. The van der Waals surface area contributed by atoms with Crippen LogP contribution in [0.1, 0.15) is 0 Å². The molecule has 64 valence electrons. The fourth-order valence-electron chi connectivity index (χ4n) is 0.887. The van der Waals surface area contributed by atoms with Crippen LogP contribution in [0, 0.1) is 0 Å². The van der Waals surface area contributed by atoms with E-state index < -0.39 is 0 Å². The van der Waals surface area contributed by atoms with Crippen LogP contribution in [0.4, 0.5) is 0 Å². The summed E-state index contributed by atoms with van der Waals surface area (Å²) in [6.07, 6.45) is 5.83. The second kappa shape index (κ2) is 4.21. The van der Waals surface area contributed by atoms with Gasteiger partial charge in [0.15, 0.2) is 4.90 Å². The number of hydrogen-bond acceptors (Lipinski definition) is 1. The van der Waals surface area contributed by atoms with E-state index in [0.29, 0.717) is 10.9 Å². The van der Waals surface area contributed by atoms with E-state index in [2.05, 4.69) is 31.2 Å². The third kappa shape index (κ3) is 2.31. The molecule has 0 radical (unpaired) electrons. The van der Waals surface area contributed by atoms with Gasteiger partial charge < -0.3 is 4.74 Å². The highest BCUT2D eigenvalue weighted by Crippen LogP contribution is 2.15. The van der Waals surface area contributed by atoms with Gasteiger partial charge in [0.1, 0.15) is 18.3 Å². The summed E-state index contributed by atoms with van der Waals surface area (Å²) < 4.78 is 5.11. The Hall–Kier alpha value is -0.890. The van der Waals surface area contributed by atoms with Crippen LogP contribution in [0.3, 0.4) is 0 Å². The quantitative estimate of drug-likeness (QED) is 0.514. The van der Waals surface area contributed by atoms with Crippen molar-refractivity contribution in [2.45, 2.75) is 4.90 Å². The van der Waals surface area contributed by atoms with E-state index in [1.165, 1.54) is 11.2 Å². The summed E-state index contributed by atoms with van der Waals surface area (Å²) in [7, 11) is 0.327. The predicted octanol–water partition coefficient (Wildman–Crippen LogP) is 2.45. The van der Waals surface area contributed by atoms with E-state index >= 15 is 0 Å². The van der Waals surface area contributed by atoms with Gasteiger partial charge in [0.2, 0.25) is 0 Å². The molecule has 1 aromatic rings. The Kier molecular flexibility index (Phi) is 3.23. The van der Waals surface area contributed by atoms with Crippen molar-refractivity contribution in [3.8, 4) is 5.75 Å². The Morgan fingerprint density at radius 2 is 1.83 bits per heavy atom. The van der Waals surface area contributed by atoms with Gasteiger partial charge in [-0.25, -0.2) is 0 Å². The van der Waals surface area contributed by atoms with Crippen LogP contribution in [-0.2, 0) is 10.9 Å². The van der Waals surface area contributed by atoms with Crippen LogP contribution in [0.2, 0.25) is 0 Å². The molecule has 0 amide bonds. The zero-order chi connectivity index (χ0) is 8.97. The van der Waals surface area contributed by atoms with Crippen LogP contribution in [0.5, 0.6) is 5.75 Å². The van der Waals surface area contributed by atoms with Crippen molar-refractivity contribution in [1.29, 1.82) is 0 Å². The van der Waals surface area contributed by atoms with E-state index in [1.54, 1.807) is 0 Å². The fourth-order valence-corrected chi connectivity index (χ4v) is 1.57. The third-order valence-electron chi connectivity index (χ3n) is 1.51. The molecule has 0 saturated carbocycles. The summed E-state index contributed by atoms with van der Waals surface area (Å²) in [5.41, 5.74) is 0. The molecular formula is C10H13OS+. The van der Waals surface area contributed by atoms with Crippen LogP contribution in [-0.4, -0.2) is 12.5 Å². The van der Waals surface area contributed by atoms with Crippen LogP contribution < -0.4 is 4.74 Å². The Bertz CT molecular complexity index is 251. The van der Waals surface area contributed by atoms with Gasteiger partial charge in [0.05, 0.1) is 6.26 Å². The Morgan fingerprint density at radius 3 is 2.25 bits per heavy atom. The van der Waals surface area contributed by atoms with Crippen molar-refractivity contribution in [2.24, 2.45) is 0 Å². The number of benzene rings is 1. The summed E-state index contributed by atoms with van der Waals surface area (Å²) in [6, 6.07) is 8.10. The van der Waals surface area contributed by atoms with Gasteiger partial charge >= 0.3 is 0 Å². The van der Waals surface area contributed by atoms with Crippen molar-refractivity contribution in [2.75, 3.05) is 12.5 Å². The van der Waals surface area contributed by atoms with E-state index in [1.807, 2.05) is 12.1 Å². The number of rotatable bonds is 3. The third-order valence-corrected chi connectivity index (χ3v) is 2.73.